The van der Waals surface area contributed by atoms with E-state index in [0.717, 1.165) is 11.3 Å². The molecule has 0 bridgehead atoms. The summed E-state index contributed by atoms with van der Waals surface area (Å²) >= 11 is 0. The molecule has 1 amide bonds. The van der Waals surface area contributed by atoms with E-state index in [1.807, 2.05) is 24.3 Å². The average molecular weight is 238 g/mol. The Morgan fingerprint density at radius 1 is 1.41 bits per heavy atom. The van der Waals surface area contributed by atoms with Crippen molar-refractivity contribution in [1.82, 2.24) is 5.32 Å². The van der Waals surface area contributed by atoms with E-state index in [2.05, 4.69) is 5.32 Å². The van der Waals surface area contributed by atoms with Crippen molar-refractivity contribution in [1.29, 1.82) is 0 Å². The third-order valence-electron chi connectivity index (χ3n) is 2.18. The summed E-state index contributed by atoms with van der Waals surface area (Å²) in [5.74, 6) is 0.410. The highest BCUT2D eigenvalue weighted by Crippen LogP contribution is 2.16. The molecule has 0 aliphatic rings. The summed E-state index contributed by atoms with van der Waals surface area (Å²) in [4.78, 5) is 10.4. The Kier molecular flexibility index (Phi) is 6.06. The average Bonchev–Trinajstić information content (AvgIpc) is 2.33. The Hall–Kier alpha value is -1.59. The van der Waals surface area contributed by atoms with Gasteiger partial charge in [-0.25, -0.2) is 0 Å². The van der Waals surface area contributed by atoms with Gasteiger partial charge < -0.3 is 20.5 Å². The molecule has 0 unspecified atom stereocenters. The van der Waals surface area contributed by atoms with Gasteiger partial charge in [0.2, 0.25) is 5.91 Å². The fourth-order valence-electron chi connectivity index (χ4n) is 1.39. The van der Waals surface area contributed by atoms with Crippen molar-refractivity contribution in [3.63, 3.8) is 0 Å². The monoisotopic (exact) mass is 238 g/mol. The summed E-state index contributed by atoms with van der Waals surface area (Å²) in [5, 5.41) is 3.19. The second kappa shape index (κ2) is 7.65. The predicted molar refractivity (Wildman–Crippen MR) is 64.7 cm³/mol. The van der Waals surface area contributed by atoms with E-state index >= 15 is 0 Å². The molecular weight excluding hydrogens is 220 g/mol. The maximum Gasteiger partial charge on any atom is 0.243 e. The molecule has 0 aliphatic heterocycles. The van der Waals surface area contributed by atoms with E-state index in [9.17, 15) is 4.79 Å². The highest BCUT2D eigenvalue weighted by Gasteiger charge is 2.00. The van der Waals surface area contributed by atoms with Crippen LogP contribution in [-0.4, -0.2) is 32.8 Å². The Labute approximate surface area is 101 Å². The number of primary amides is 1. The molecule has 3 N–H and O–H groups in total. The first kappa shape index (κ1) is 13.5. The van der Waals surface area contributed by atoms with Gasteiger partial charge in [0.25, 0.3) is 0 Å². The van der Waals surface area contributed by atoms with Crippen molar-refractivity contribution in [3.05, 3.63) is 29.8 Å². The number of hydrogen-bond donors (Lipinski definition) is 2. The molecule has 0 fully saturated rings. The van der Waals surface area contributed by atoms with Crippen LogP contribution in [0.25, 0.3) is 0 Å². The number of para-hydroxylation sites is 1. The van der Waals surface area contributed by atoms with Crippen molar-refractivity contribution < 1.29 is 14.3 Å². The van der Waals surface area contributed by atoms with Crippen LogP contribution < -0.4 is 15.8 Å². The van der Waals surface area contributed by atoms with Gasteiger partial charge in [0.1, 0.15) is 12.4 Å². The molecule has 0 saturated carbocycles. The van der Waals surface area contributed by atoms with Gasteiger partial charge in [0.05, 0.1) is 13.7 Å². The third kappa shape index (κ3) is 5.33. The Morgan fingerprint density at radius 2 is 2.18 bits per heavy atom. The second-order valence-electron chi connectivity index (χ2n) is 3.51. The molecule has 5 nitrogen and oxygen atoms in total. The summed E-state index contributed by atoms with van der Waals surface area (Å²) in [5.41, 5.74) is 6.02. The minimum absolute atomic E-state index is 0.0314. The summed E-state index contributed by atoms with van der Waals surface area (Å²) < 4.78 is 10.2. The molecule has 0 spiro atoms. The molecule has 0 saturated heterocycles. The fraction of sp³-hybridized carbons (Fsp3) is 0.417. The lowest BCUT2D eigenvalue weighted by Crippen LogP contribution is -2.23. The van der Waals surface area contributed by atoms with Crippen molar-refractivity contribution in [2.75, 3.05) is 26.9 Å². The molecule has 94 valence electrons. The fourth-order valence-corrected chi connectivity index (χ4v) is 1.39. The van der Waals surface area contributed by atoms with E-state index < -0.39 is 5.91 Å². The minimum Gasteiger partial charge on any atom is -0.496 e. The number of methoxy groups -OCH3 is 1. The van der Waals surface area contributed by atoms with Crippen LogP contribution in [0.2, 0.25) is 0 Å². The quantitative estimate of drug-likeness (QED) is 0.638. The first-order valence-electron chi connectivity index (χ1n) is 5.42. The Bertz CT molecular complexity index is 355. The normalized spacial score (nSPS) is 10.2. The van der Waals surface area contributed by atoms with Gasteiger partial charge >= 0.3 is 0 Å². The number of carbonyl (C=O) groups is 1. The van der Waals surface area contributed by atoms with Gasteiger partial charge in [-0.2, -0.15) is 0 Å². The maximum atomic E-state index is 10.4. The molecule has 0 heterocycles. The Balaban J connectivity index is 2.19. The highest BCUT2D eigenvalue weighted by molar-refractivity contribution is 5.74. The zero-order valence-corrected chi connectivity index (χ0v) is 9.94. The van der Waals surface area contributed by atoms with Crippen LogP contribution in [0.4, 0.5) is 0 Å². The number of nitrogens with two attached hydrogens (primary N) is 1. The number of nitrogens with one attached hydrogen (secondary N) is 1. The minimum atomic E-state index is -0.449. The number of amides is 1. The highest BCUT2D eigenvalue weighted by atomic mass is 16.5. The molecule has 0 aromatic heterocycles. The molecule has 5 heteroatoms. The number of rotatable bonds is 8. The molecular formula is C12H18N2O3. The van der Waals surface area contributed by atoms with E-state index in [4.69, 9.17) is 15.2 Å². The summed E-state index contributed by atoms with van der Waals surface area (Å²) in [6, 6.07) is 7.80. The summed E-state index contributed by atoms with van der Waals surface area (Å²) in [7, 11) is 1.65. The van der Waals surface area contributed by atoms with Crippen LogP contribution in [0.15, 0.2) is 24.3 Å². The number of ether oxygens (including phenoxy) is 2. The third-order valence-corrected chi connectivity index (χ3v) is 2.18. The lowest BCUT2D eigenvalue weighted by atomic mass is 10.2. The Morgan fingerprint density at radius 3 is 2.88 bits per heavy atom. The molecule has 1 aromatic carbocycles. The van der Waals surface area contributed by atoms with Crippen molar-refractivity contribution in [3.8, 4) is 5.75 Å². The number of carbonyl (C=O) groups excluding carboxylic acids is 1. The van der Waals surface area contributed by atoms with Crippen LogP contribution >= 0.6 is 0 Å². The first-order chi connectivity index (χ1) is 8.24. The van der Waals surface area contributed by atoms with Crippen LogP contribution in [0.5, 0.6) is 5.75 Å². The number of hydrogen-bond acceptors (Lipinski definition) is 4. The SMILES string of the molecule is COc1ccccc1CNCCOCC(N)=O. The standard InChI is InChI=1S/C12H18N2O3/c1-16-11-5-3-2-4-10(11)8-14-6-7-17-9-12(13)15/h2-5,14H,6-9H2,1H3,(H2,13,15). The largest absolute Gasteiger partial charge is 0.496 e. The van der Waals surface area contributed by atoms with Gasteiger partial charge in [-0.3, -0.25) is 4.79 Å². The number of benzene rings is 1. The van der Waals surface area contributed by atoms with Crippen molar-refractivity contribution in [2.45, 2.75) is 6.54 Å². The maximum absolute atomic E-state index is 10.4. The topological polar surface area (TPSA) is 73.6 Å². The van der Waals surface area contributed by atoms with Gasteiger partial charge in [-0.05, 0) is 6.07 Å². The van der Waals surface area contributed by atoms with E-state index in [-0.39, 0.29) is 6.61 Å². The van der Waals surface area contributed by atoms with E-state index in [0.29, 0.717) is 19.7 Å². The first-order valence-corrected chi connectivity index (χ1v) is 5.42. The van der Waals surface area contributed by atoms with Gasteiger partial charge in [-0.1, -0.05) is 18.2 Å². The van der Waals surface area contributed by atoms with Gasteiger partial charge in [0, 0.05) is 18.7 Å². The zero-order valence-electron chi connectivity index (χ0n) is 9.94. The van der Waals surface area contributed by atoms with Crippen molar-refractivity contribution in [2.24, 2.45) is 5.73 Å². The predicted octanol–water partition coefficient (Wildman–Crippen LogP) is 0.287. The molecule has 0 atom stereocenters. The molecule has 0 aliphatic carbocycles. The van der Waals surface area contributed by atoms with Gasteiger partial charge in [-0.15, -0.1) is 0 Å². The van der Waals surface area contributed by atoms with Crippen LogP contribution in [0.1, 0.15) is 5.56 Å². The van der Waals surface area contributed by atoms with Crippen LogP contribution in [0, 0.1) is 0 Å². The van der Waals surface area contributed by atoms with Gasteiger partial charge in [0.15, 0.2) is 0 Å². The summed E-state index contributed by atoms with van der Waals surface area (Å²) in [6.45, 7) is 1.78. The molecule has 17 heavy (non-hydrogen) atoms. The van der Waals surface area contributed by atoms with E-state index in [1.54, 1.807) is 7.11 Å². The van der Waals surface area contributed by atoms with E-state index in [1.165, 1.54) is 0 Å². The van der Waals surface area contributed by atoms with Crippen LogP contribution in [0.3, 0.4) is 0 Å². The van der Waals surface area contributed by atoms with Crippen LogP contribution in [-0.2, 0) is 16.1 Å². The molecule has 1 aromatic rings. The lowest BCUT2D eigenvalue weighted by Gasteiger charge is -2.09. The summed E-state index contributed by atoms with van der Waals surface area (Å²) in [6.07, 6.45) is 0. The lowest BCUT2D eigenvalue weighted by molar-refractivity contribution is -0.122. The van der Waals surface area contributed by atoms with Crippen molar-refractivity contribution >= 4 is 5.91 Å². The smallest absolute Gasteiger partial charge is 0.243 e. The zero-order chi connectivity index (χ0) is 12.5. The second-order valence-corrected chi connectivity index (χ2v) is 3.51. The molecule has 0 radical (unpaired) electrons. The molecule has 1 rings (SSSR count).